The third kappa shape index (κ3) is 2.42. The molecule has 0 fully saturated rings. The smallest absolute Gasteiger partial charge is 0.220 e. The molecule has 0 N–H and O–H groups in total. The summed E-state index contributed by atoms with van der Waals surface area (Å²) < 4.78 is 5.70. The largest absolute Gasteiger partial charge is 0.416 e. The first kappa shape index (κ1) is 10.5. The summed E-state index contributed by atoms with van der Waals surface area (Å²) in [7, 11) is 0.243. The second-order valence-electron chi connectivity index (χ2n) is 3.55. The molecule has 1 nitrogen and oxygen atoms in total. The molecule has 0 bridgehead atoms. The average Bonchev–Trinajstić information content (AvgIpc) is 2.19. The van der Waals surface area contributed by atoms with E-state index in [1.54, 1.807) is 0 Å². The highest BCUT2D eigenvalue weighted by atomic mass is 28.4. The molecule has 1 aromatic carbocycles. The van der Waals surface area contributed by atoms with E-state index in [4.69, 9.17) is 4.43 Å². The van der Waals surface area contributed by atoms with Crippen LogP contribution in [0.3, 0.4) is 0 Å². The van der Waals surface area contributed by atoms with Gasteiger partial charge in [0.05, 0.1) is 0 Å². The van der Waals surface area contributed by atoms with Gasteiger partial charge in [0.25, 0.3) is 0 Å². The monoisotopic (exact) mass is 194 g/mol. The fourth-order valence-corrected chi connectivity index (χ4v) is 4.21. The highest BCUT2D eigenvalue weighted by Crippen LogP contribution is 2.12. The third-order valence-electron chi connectivity index (χ3n) is 2.56. The molecule has 13 heavy (non-hydrogen) atoms. The van der Waals surface area contributed by atoms with Gasteiger partial charge in [-0.05, 0) is 17.8 Å². The minimum atomic E-state index is -1.60. The van der Waals surface area contributed by atoms with Crippen LogP contribution in [-0.4, -0.2) is 15.4 Å². The Morgan fingerprint density at radius 1 is 1.23 bits per heavy atom. The zero-order valence-electron chi connectivity index (χ0n) is 8.71. The highest BCUT2D eigenvalue weighted by molar-refractivity contribution is 6.85. The van der Waals surface area contributed by atoms with Crippen molar-refractivity contribution in [3.63, 3.8) is 0 Å². The van der Waals surface area contributed by atoms with Crippen molar-refractivity contribution in [2.24, 2.45) is 0 Å². The predicted molar refractivity (Wildman–Crippen MR) is 59.8 cm³/mol. The molecule has 0 spiro atoms. The van der Waals surface area contributed by atoms with Gasteiger partial charge in [0.2, 0.25) is 8.32 Å². The standard InChI is InChI=1S/C11H18OSi/c1-4-10-13(3,12-2)11-8-6-5-7-9-11/h5-9H,4,10H2,1-3H3. The quantitative estimate of drug-likeness (QED) is 0.669. The molecule has 1 rings (SSSR count). The van der Waals surface area contributed by atoms with Crippen molar-refractivity contribution in [1.82, 2.24) is 0 Å². The minimum absolute atomic E-state index is 1.20. The van der Waals surface area contributed by atoms with Crippen LogP contribution in [0.15, 0.2) is 30.3 Å². The highest BCUT2D eigenvalue weighted by Gasteiger charge is 2.28. The molecule has 2 heteroatoms. The van der Waals surface area contributed by atoms with Gasteiger partial charge in [-0.25, -0.2) is 0 Å². The molecular formula is C11H18OSi. The predicted octanol–water partition coefficient (Wildman–Crippen LogP) is 2.53. The Hall–Kier alpha value is -0.603. The van der Waals surface area contributed by atoms with Crippen molar-refractivity contribution in [3.8, 4) is 0 Å². The van der Waals surface area contributed by atoms with Gasteiger partial charge in [-0.3, -0.25) is 0 Å². The Balaban J connectivity index is 2.89. The lowest BCUT2D eigenvalue weighted by atomic mass is 10.4. The molecule has 1 aromatic rings. The molecule has 0 heterocycles. The van der Waals surface area contributed by atoms with Crippen molar-refractivity contribution < 1.29 is 4.43 Å². The van der Waals surface area contributed by atoms with Crippen LogP contribution >= 0.6 is 0 Å². The molecular weight excluding hydrogens is 176 g/mol. The molecule has 1 atom stereocenters. The first-order valence-electron chi connectivity index (χ1n) is 4.83. The Labute approximate surface area is 81.9 Å². The van der Waals surface area contributed by atoms with Crippen molar-refractivity contribution in [2.45, 2.75) is 25.9 Å². The molecule has 0 saturated heterocycles. The molecule has 1 unspecified atom stereocenters. The maximum Gasteiger partial charge on any atom is 0.220 e. The molecule has 0 aliphatic heterocycles. The van der Waals surface area contributed by atoms with Crippen LogP contribution < -0.4 is 5.19 Å². The number of benzene rings is 1. The van der Waals surface area contributed by atoms with Gasteiger partial charge in [-0.2, -0.15) is 0 Å². The van der Waals surface area contributed by atoms with Crippen molar-refractivity contribution in [2.75, 3.05) is 7.11 Å². The van der Waals surface area contributed by atoms with E-state index in [2.05, 4.69) is 43.8 Å². The lowest BCUT2D eigenvalue weighted by molar-refractivity contribution is 0.408. The normalized spacial score (nSPS) is 15.3. The van der Waals surface area contributed by atoms with Gasteiger partial charge >= 0.3 is 0 Å². The van der Waals surface area contributed by atoms with Crippen molar-refractivity contribution in [3.05, 3.63) is 30.3 Å². The van der Waals surface area contributed by atoms with Crippen LogP contribution in [0, 0.1) is 0 Å². The van der Waals surface area contributed by atoms with E-state index < -0.39 is 8.32 Å². The van der Waals surface area contributed by atoms with Gasteiger partial charge < -0.3 is 4.43 Å². The summed E-state index contributed by atoms with van der Waals surface area (Å²) in [6.07, 6.45) is 1.20. The molecule has 0 aliphatic carbocycles. The van der Waals surface area contributed by atoms with Gasteiger partial charge in [0.15, 0.2) is 0 Å². The van der Waals surface area contributed by atoms with Crippen molar-refractivity contribution in [1.29, 1.82) is 0 Å². The lowest BCUT2D eigenvalue weighted by Gasteiger charge is -2.25. The van der Waals surface area contributed by atoms with E-state index in [9.17, 15) is 0 Å². The summed E-state index contributed by atoms with van der Waals surface area (Å²) in [6, 6.07) is 11.8. The Morgan fingerprint density at radius 3 is 2.31 bits per heavy atom. The zero-order valence-corrected chi connectivity index (χ0v) is 9.71. The van der Waals surface area contributed by atoms with E-state index in [0.717, 1.165) is 0 Å². The van der Waals surface area contributed by atoms with E-state index >= 15 is 0 Å². The van der Waals surface area contributed by atoms with E-state index in [1.165, 1.54) is 17.7 Å². The van der Waals surface area contributed by atoms with E-state index in [1.807, 2.05) is 7.11 Å². The summed E-state index contributed by atoms with van der Waals surface area (Å²) in [5.74, 6) is 0. The second kappa shape index (κ2) is 4.58. The summed E-state index contributed by atoms with van der Waals surface area (Å²) in [4.78, 5) is 0. The SMILES string of the molecule is CCC[Si](C)(OC)c1ccccc1. The maximum atomic E-state index is 5.70. The van der Waals surface area contributed by atoms with Gasteiger partial charge in [-0.15, -0.1) is 0 Å². The van der Waals surface area contributed by atoms with Crippen LogP contribution in [-0.2, 0) is 4.43 Å². The number of hydrogen-bond donors (Lipinski definition) is 0. The fourth-order valence-electron chi connectivity index (χ4n) is 1.63. The minimum Gasteiger partial charge on any atom is -0.416 e. The van der Waals surface area contributed by atoms with Crippen LogP contribution in [0.2, 0.25) is 12.6 Å². The third-order valence-corrected chi connectivity index (χ3v) is 6.47. The summed E-state index contributed by atoms with van der Waals surface area (Å²) in [6.45, 7) is 4.50. The second-order valence-corrected chi connectivity index (χ2v) is 7.50. The van der Waals surface area contributed by atoms with Gasteiger partial charge in [0.1, 0.15) is 0 Å². The number of rotatable bonds is 4. The fraction of sp³-hybridized carbons (Fsp3) is 0.455. The van der Waals surface area contributed by atoms with Crippen LogP contribution in [0.1, 0.15) is 13.3 Å². The molecule has 72 valence electrons. The van der Waals surface area contributed by atoms with Crippen LogP contribution in [0.25, 0.3) is 0 Å². The summed E-state index contributed by atoms with van der Waals surface area (Å²) in [5.41, 5.74) is 0. The Morgan fingerprint density at radius 2 is 1.85 bits per heavy atom. The van der Waals surface area contributed by atoms with Crippen LogP contribution in [0.4, 0.5) is 0 Å². The molecule has 0 saturated carbocycles. The molecule has 0 aliphatic rings. The first-order chi connectivity index (χ1) is 6.23. The summed E-state index contributed by atoms with van der Waals surface area (Å²) in [5, 5.41) is 1.40. The first-order valence-corrected chi connectivity index (χ1v) is 7.45. The van der Waals surface area contributed by atoms with Crippen molar-refractivity contribution >= 4 is 13.5 Å². The molecule has 0 radical (unpaired) electrons. The Bertz CT molecular complexity index is 248. The van der Waals surface area contributed by atoms with Crippen LogP contribution in [0.5, 0.6) is 0 Å². The van der Waals surface area contributed by atoms with Gasteiger partial charge in [0, 0.05) is 7.11 Å². The Kier molecular flexibility index (Phi) is 3.69. The topological polar surface area (TPSA) is 9.23 Å². The summed E-state index contributed by atoms with van der Waals surface area (Å²) >= 11 is 0. The molecule has 0 aromatic heterocycles. The number of hydrogen-bond acceptors (Lipinski definition) is 1. The van der Waals surface area contributed by atoms with Gasteiger partial charge in [-0.1, -0.05) is 43.7 Å². The lowest BCUT2D eigenvalue weighted by Crippen LogP contribution is -2.46. The molecule has 0 amide bonds. The van der Waals surface area contributed by atoms with E-state index in [0.29, 0.717) is 0 Å². The average molecular weight is 194 g/mol. The van der Waals surface area contributed by atoms with E-state index in [-0.39, 0.29) is 0 Å². The maximum absolute atomic E-state index is 5.70. The zero-order chi connectivity index (χ0) is 9.73.